The minimum Gasteiger partial charge on any atom is -0.322 e. The maximum atomic E-state index is 13.4. The van der Waals surface area contributed by atoms with Gasteiger partial charge in [-0.1, -0.05) is 83.9 Å². The molecule has 0 spiro atoms. The van der Waals surface area contributed by atoms with Gasteiger partial charge in [0.2, 0.25) is 0 Å². The molecule has 0 saturated heterocycles. The van der Waals surface area contributed by atoms with E-state index in [0.29, 0.717) is 17.3 Å². The number of nitrogens with one attached hydrogen (secondary N) is 1. The van der Waals surface area contributed by atoms with Crippen molar-refractivity contribution < 1.29 is 4.79 Å². The number of benzene rings is 3. The Labute approximate surface area is 180 Å². The average molecular weight is 414 g/mol. The van der Waals surface area contributed by atoms with Gasteiger partial charge in [-0.3, -0.25) is 9.89 Å². The quantitative estimate of drug-likeness (QED) is 0.460. The highest BCUT2D eigenvalue weighted by atomic mass is 35.5. The lowest BCUT2D eigenvalue weighted by Gasteiger charge is -2.26. The van der Waals surface area contributed by atoms with Gasteiger partial charge in [0.15, 0.2) is 0 Å². The fourth-order valence-corrected chi connectivity index (χ4v) is 4.19. The molecular formula is C25H20ClN3O. The molecule has 0 radical (unpaired) electrons. The first-order valence-corrected chi connectivity index (χ1v) is 10.3. The van der Waals surface area contributed by atoms with E-state index >= 15 is 0 Å². The third-order valence-corrected chi connectivity index (χ3v) is 5.82. The molecule has 1 N–H and O–H groups in total. The van der Waals surface area contributed by atoms with Crippen molar-refractivity contribution in [1.29, 1.82) is 0 Å². The molecule has 0 fully saturated rings. The molecule has 1 unspecified atom stereocenters. The highest BCUT2D eigenvalue weighted by molar-refractivity contribution is 6.30. The maximum absolute atomic E-state index is 13.4. The van der Waals surface area contributed by atoms with Crippen LogP contribution in [0.25, 0.3) is 11.3 Å². The van der Waals surface area contributed by atoms with E-state index in [2.05, 4.69) is 53.5 Å². The lowest BCUT2D eigenvalue weighted by atomic mass is 9.95. The summed E-state index contributed by atoms with van der Waals surface area (Å²) < 4.78 is 0. The predicted octanol–water partition coefficient (Wildman–Crippen LogP) is 5.78. The van der Waals surface area contributed by atoms with Gasteiger partial charge in [-0.05, 0) is 30.2 Å². The van der Waals surface area contributed by atoms with Crippen molar-refractivity contribution in [3.63, 3.8) is 0 Å². The first-order chi connectivity index (χ1) is 14.6. The molecule has 1 aliphatic heterocycles. The molecule has 148 valence electrons. The highest BCUT2D eigenvalue weighted by Gasteiger charge is 2.42. The van der Waals surface area contributed by atoms with Crippen LogP contribution in [0.1, 0.15) is 38.8 Å². The summed E-state index contributed by atoms with van der Waals surface area (Å²) in [4.78, 5) is 15.3. The van der Waals surface area contributed by atoms with E-state index in [1.165, 1.54) is 5.56 Å². The van der Waals surface area contributed by atoms with Crippen LogP contribution in [-0.4, -0.2) is 21.0 Å². The number of halogens is 1. The summed E-state index contributed by atoms with van der Waals surface area (Å²) in [6, 6.07) is 25.8. The molecule has 1 aliphatic rings. The summed E-state index contributed by atoms with van der Waals surface area (Å²) in [7, 11) is 0. The molecule has 1 amide bonds. The van der Waals surface area contributed by atoms with Crippen LogP contribution < -0.4 is 0 Å². The Morgan fingerprint density at radius 3 is 2.37 bits per heavy atom. The number of hydrogen-bond donors (Lipinski definition) is 1. The minimum atomic E-state index is -0.209. The molecule has 2 heterocycles. The van der Waals surface area contributed by atoms with Crippen LogP contribution in [-0.2, 0) is 6.54 Å². The van der Waals surface area contributed by atoms with Gasteiger partial charge in [0, 0.05) is 22.7 Å². The Morgan fingerprint density at radius 1 is 0.967 bits per heavy atom. The average Bonchev–Trinajstić information content (AvgIpc) is 3.30. The summed E-state index contributed by atoms with van der Waals surface area (Å²) in [5, 5.41) is 8.22. The number of rotatable bonds is 4. The minimum absolute atomic E-state index is 0.0420. The van der Waals surface area contributed by atoms with Crippen LogP contribution in [0.4, 0.5) is 0 Å². The number of fused-ring (bicyclic) bond motifs is 1. The zero-order chi connectivity index (χ0) is 20.7. The number of amides is 1. The summed E-state index contributed by atoms with van der Waals surface area (Å²) in [5.74, 6) is -0.0420. The molecule has 5 heteroatoms. The fourth-order valence-electron chi connectivity index (χ4n) is 4.06. The number of aryl methyl sites for hydroxylation is 1. The standard InChI is InChI=1S/C25H20ClN3O/c1-16-7-11-18(12-8-16)22-21-23(28-27-22)25(30)29(15-17-9-13-20(26)14-10-17)24(21)19-5-3-2-4-6-19/h2-14,24H,15H2,1H3,(H,27,28). The third kappa shape index (κ3) is 3.19. The molecular weight excluding hydrogens is 394 g/mol. The van der Waals surface area contributed by atoms with Crippen molar-refractivity contribution in [3.8, 4) is 11.3 Å². The monoisotopic (exact) mass is 413 g/mol. The Bertz CT molecular complexity index is 1200. The normalized spacial score (nSPS) is 15.5. The smallest absolute Gasteiger partial charge is 0.273 e. The van der Waals surface area contributed by atoms with Gasteiger partial charge < -0.3 is 4.90 Å². The van der Waals surface area contributed by atoms with Crippen LogP contribution in [0.5, 0.6) is 0 Å². The SMILES string of the molecule is Cc1ccc(-c2n[nH]c3c2C(c2ccccc2)N(Cc2ccc(Cl)cc2)C3=O)cc1. The first-order valence-electron chi connectivity index (χ1n) is 9.87. The van der Waals surface area contributed by atoms with Gasteiger partial charge in [-0.2, -0.15) is 5.10 Å². The van der Waals surface area contributed by atoms with Crippen molar-refractivity contribution in [2.45, 2.75) is 19.5 Å². The predicted molar refractivity (Wildman–Crippen MR) is 118 cm³/mol. The second kappa shape index (κ2) is 7.47. The zero-order valence-corrected chi connectivity index (χ0v) is 17.2. The van der Waals surface area contributed by atoms with Crippen LogP contribution in [0.3, 0.4) is 0 Å². The molecule has 4 aromatic rings. The second-order valence-corrected chi connectivity index (χ2v) is 8.04. The van der Waals surface area contributed by atoms with Crippen LogP contribution in [0.15, 0.2) is 78.9 Å². The summed E-state index contributed by atoms with van der Waals surface area (Å²) in [5.41, 5.74) is 6.60. The molecule has 0 bridgehead atoms. The number of aromatic amines is 1. The third-order valence-electron chi connectivity index (χ3n) is 5.57. The van der Waals surface area contributed by atoms with Gasteiger partial charge in [0.05, 0.1) is 11.7 Å². The van der Waals surface area contributed by atoms with Crippen molar-refractivity contribution in [3.05, 3.63) is 112 Å². The van der Waals surface area contributed by atoms with Gasteiger partial charge in [0.1, 0.15) is 5.69 Å². The topological polar surface area (TPSA) is 49.0 Å². The van der Waals surface area contributed by atoms with E-state index in [4.69, 9.17) is 11.6 Å². The summed E-state index contributed by atoms with van der Waals surface area (Å²) >= 11 is 6.04. The molecule has 4 nitrogen and oxygen atoms in total. The zero-order valence-electron chi connectivity index (χ0n) is 16.5. The molecule has 30 heavy (non-hydrogen) atoms. The van der Waals surface area contributed by atoms with Crippen molar-refractivity contribution >= 4 is 17.5 Å². The van der Waals surface area contributed by atoms with E-state index in [1.807, 2.05) is 47.4 Å². The number of carbonyl (C=O) groups excluding carboxylic acids is 1. The summed E-state index contributed by atoms with van der Waals surface area (Å²) in [6.45, 7) is 2.55. The largest absolute Gasteiger partial charge is 0.322 e. The van der Waals surface area contributed by atoms with Crippen molar-refractivity contribution in [2.24, 2.45) is 0 Å². The Balaban J connectivity index is 1.62. The lowest BCUT2D eigenvalue weighted by molar-refractivity contribution is 0.0730. The molecule has 0 aliphatic carbocycles. The van der Waals surface area contributed by atoms with Crippen LogP contribution >= 0.6 is 11.6 Å². The summed E-state index contributed by atoms with van der Waals surface area (Å²) in [6.07, 6.45) is 0. The number of aromatic nitrogens is 2. The Hall–Kier alpha value is -3.37. The van der Waals surface area contributed by atoms with Gasteiger partial charge in [0.25, 0.3) is 5.91 Å². The van der Waals surface area contributed by atoms with E-state index in [-0.39, 0.29) is 11.9 Å². The Morgan fingerprint density at radius 2 is 1.67 bits per heavy atom. The number of carbonyl (C=O) groups is 1. The Kier molecular flexibility index (Phi) is 4.64. The van der Waals surface area contributed by atoms with Gasteiger partial charge in [-0.25, -0.2) is 0 Å². The first kappa shape index (κ1) is 18.6. The van der Waals surface area contributed by atoms with E-state index < -0.39 is 0 Å². The number of nitrogens with zero attached hydrogens (tertiary/aromatic N) is 2. The fraction of sp³-hybridized carbons (Fsp3) is 0.120. The van der Waals surface area contributed by atoms with E-state index in [9.17, 15) is 4.79 Å². The van der Waals surface area contributed by atoms with Gasteiger partial charge >= 0.3 is 0 Å². The van der Waals surface area contributed by atoms with E-state index in [1.54, 1.807) is 0 Å². The molecule has 5 rings (SSSR count). The second-order valence-electron chi connectivity index (χ2n) is 7.60. The molecule has 0 saturated carbocycles. The van der Waals surface area contributed by atoms with Crippen molar-refractivity contribution in [1.82, 2.24) is 15.1 Å². The highest BCUT2D eigenvalue weighted by Crippen LogP contribution is 2.43. The molecule has 1 aromatic heterocycles. The van der Waals surface area contributed by atoms with Crippen molar-refractivity contribution in [2.75, 3.05) is 0 Å². The van der Waals surface area contributed by atoms with E-state index in [0.717, 1.165) is 27.9 Å². The molecule has 1 atom stereocenters. The van der Waals surface area contributed by atoms with Crippen LogP contribution in [0.2, 0.25) is 5.02 Å². The number of hydrogen-bond acceptors (Lipinski definition) is 2. The lowest BCUT2D eigenvalue weighted by Crippen LogP contribution is -2.29. The molecule has 3 aromatic carbocycles. The van der Waals surface area contributed by atoms with Crippen LogP contribution in [0, 0.1) is 6.92 Å². The number of H-pyrrole nitrogens is 1. The maximum Gasteiger partial charge on any atom is 0.273 e. The van der Waals surface area contributed by atoms with Gasteiger partial charge in [-0.15, -0.1) is 0 Å².